The second-order valence-corrected chi connectivity index (χ2v) is 7.39. The number of guanidine groups is 1. The van der Waals surface area contributed by atoms with E-state index in [1.165, 1.54) is 12.1 Å². The second kappa shape index (κ2) is 11.6. The molecule has 2 aliphatic rings. The van der Waals surface area contributed by atoms with Gasteiger partial charge in [0.25, 0.3) is 0 Å². The van der Waals surface area contributed by atoms with Crippen molar-refractivity contribution in [3.05, 3.63) is 29.8 Å². The normalized spacial score (nSPS) is 18.3. The first-order chi connectivity index (χ1) is 14.0. The van der Waals surface area contributed by atoms with Crippen LogP contribution in [0.3, 0.4) is 0 Å². The van der Waals surface area contributed by atoms with Crippen LogP contribution in [0.5, 0.6) is 0 Å². The van der Waals surface area contributed by atoms with Gasteiger partial charge in [-0.2, -0.15) is 0 Å². The van der Waals surface area contributed by atoms with Crippen LogP contribution in [0.2, 0.25) is 0 Å². The number of nitrogens with zero attached hydrogens (tertiary/aromatic N) is 5. The van der Waals surface area contributed by atoms with Crippen molar-refractivity contribution in [3.63, 3.8) is 0 Å². The van der Waals surface area contributed by atoms with E-state index in [4.69, 9.17) is 0 Å². The Balaban J connectivity index is 0.00000320. The predicted octanol–water partition coefficient (Wildman–Crippen LogP) is 1.44. The van der Waals surface area contributed by atoms with Crippen LogP contribution in [0, 0.1) is 11.6 Å². The standard InChI is InChI=1S/C20H30F2N6O.HI/c1-16(29)26-9-7-25(8-10-26)6-5-24-20(23-2)28-13-11-27(12-14-28)19-15-17(21)3-4-18(19)22;/h3-4,15H,5-14H2,1-2H3,(H,23,24);1H. The minimum atomic E-state index is -0.426. The van der Waals surface area contributed by atoms with Crippen molar-refractivity contribution in [2.75, 3.05) is 77.4 Å². The van der Waals surface area contributed by atoms with Crippen molar-refractivity contribution in [2.45, 2.75) is 6.92 Å². The predicted molar refractivity (Wildman–Crippen MR) is 126 cm³/mol. The summed E-state index contributed by atoms with van der Waals surface area (Å²) in [5.74, 6) is 0.143. The zero-order valence-corrected chi connectivity index (χ0v) is 19.9. The van der Waals surface area contributed by atoms with Crippen molar-refractivity contribution in [3.8, 4) is 0 Å². The van der Waals surface area contributed by atoms with Crippen molar-refractivity contribution in [2.24, 2.45) is 4.99 Å². The number of halogens is 3. The van der Waals surface area contributed by atoms with Gasteiger partial charge < -0.3 is 20.0 Å². The summed E-state index contributed by atoms with van der Waals surface area (Å²) in [6, 6.07) is 3.57. The summed E-state index contributed by atoms with van der Waals surface area (Å²) in [7, 11) is 1.76. The molecular formula is C20H31F2IN6O. The van der Waals surface area contributed by atoms with Gasteiger partial charge in [-0.25, -0.2) is 8.78 Å². The molecule has 2 aliphatic heterocycles. The number of carbonyl (C=O) groups excluding carboxylic acids is 1. The summed E-state index contributed by atoms with van der Waals surface area (Å²) >= 11 is 0. The molecule has 2 fully saturated rings. The minimum absolute atomic E-state index is 0. The highest BCUT2D eigenvalue weighted by atomic mass is 127. The number of piperazine rings is 2. The number of amides is 1. The summed E-state index contributed by atoms with van der Waals surface area (Å²) in [4.78, 5) is 24.0. The Morgan fingerprint density at radius 2 is 1.67 bits per heavy atom. The highest BCUT2D eigenvalue weighted by molar-refractivity contribution is 14.0. The lowest BCUT2D eigenvalue weighted by molar-refractivity contribution is -0.130. The molecule has 3 rings (SSSR count). The number of nitrogens with one attached hydrogen (secondary N) is 1. The minimum Gasteiger partial charge on any atom is -0.366 e. The van der Waals surface area contributed by atoms with Gasteiger partial charge >= 0.3 is 0 Å². The molecular weight excluding hydrogens is 505 g/mol. The van der Waals surface area contributed by atoms with E-state index in [-0.39, 0.29) is 29.9 Å². The first-order valence-corrected chi connectivity index (χ1v) is 10.1. The molecule has 0 radical (unpaired) electrons. The summed E-state index contributed by atoms with van der Waals surface area (Å²) in [6.07, 6.45) is 0. The van der Waals surface area contributed by atoms with Crippen LogP contribution >= 0.6 is 24.0 Å². The Hall–Kier alpha value is -1.69. The molecule has 0 atom stereocenters. The molecule has 1 N–H and O–H groups in total. The van der Waals surface area contributed by atoms with E-state index < -0.39 is 11.6 Å². The quantitative estimate of drug-likeness (QED) is 0.359. The van der Waals surface area contributed by atoms with Crippen LogP contribution in [0.25, 0.3) is 0 Å². The summed E-state index contributed by atoms with van der Waals surface area (Å²) < 4.78 is 27.5. The molecule has 1 amide bonds. The van der Waals surface area contributed by atoms with E-state index in [0.29, 0.717) is 31.9 Å². The monoisotopic (exact) mass is 536 g/mol. The Morgan fingerprint density at radius 3 is 2.27 bits per heavy atom. The third-order valence-electron chi connectivity index (χ3n) is 5.57. The van der Waals surface area contributed by atoms with Crippen molar-refractivity contribution in [1.29, 1.82) is 0 Å². The Bertz CT molecular complexity index is 734. The SMILES string of the molecule is CN=C(NCCN1CCN(C(C)=O)CC1)N1CCN(c2cc(F)ccc2F)CC1.I. The summed E-state index contributed by atoms with van der Waals surface area (Å²) in [6.45, 7) is 9.19. The third-order valence-corrected chi connectivity index (χ3v) is 5.57. The smallest absolute Gasteiger partial charge is 0.219 e. The molecule has 2 heterocycles. The van der Waals surface area contributed by atoms with Crippen LogP contribution in [-0.4, -0.2) is 99.1 Å². The second-order valence-electron chi connectivity index (χ2n) is 7.39. The van der Waals surface area contributed by atoms with E-state index in [1.807, 2.05) is 9.80 Å². The fourth-order valence-electron chi connectivity index (χ4n) is 3.83. The van der Waals surface area contributed by atoms with Crippen molar-refractivity contribution < 1.29 is 13.6 Å². The average molecular weight is 536 g/mol. The van der Waals surface area contributed by atoms with Gasteiger partial charge in [-0.1, -0.05) is 0 Å². The van der Waals surface area contributed by atoms with Crippen LogP contribution in [0.1, 0.15) is 6.92 Å². The first kappa shape index (κ1) is 24.6. The molecule has 0 bridgehead atoms. The molecule has 0 aromatic heterocycles. The lowest BCUT2D eigenvalue weighted by Crippen LogP contribution is -2.54. The number of anilines is 1. The molecule has 7 nitrogen and oxygen atoms in total. The van der Waals surface area contributed by atoms with Gasteiger partial charge in [-0.3, -0.25) is 14.7 Å². The fraction of sp³-hybridized carbons (Fsp3) is 0.600. The van der Waals surface area contributed by atoms with Gasteiger partial charge in [0.05, 0.1) is 5.69 Å². The number of hydrogen-bond donors (Lipinski definition) is 1. The van der Waals surface area contributed by atoms with Crippen molar-refractivity contribution >= 4 is 41.5 Å². The summed E-state index contributed by atoms with van der Waals surface area (Å²) in [5, 5.41) is 3.40. The van der Waals surface area contributed by atoms with Gasteiger partial charge in [0.1, 0.15) is 11.6 Å². The number of benzene rings is 1. The van der Waals surface area contributed by atoms with Gasteiger partial charge in [0, 0.05) is 85.5 Å². The van der Waals surface area contributed by atoms with Gasteiger partial charge in [-0.15, -0.1) is 24.0 Å². The molecule has 1 aromatic carbocycles. The molecule has 0 spiro atoms. The van der Waals surface area contributed by atoms with E-state index >= 15 is 0 Å². The molecule has 0 aliphatic carbocycles. The maximum atomic E-state index is 14.0. The Labute approximate surface area is 194 Å². The van der Waals surface area contributed by atoms with Crippen LogP contribution in [0.15, 0.2) is 23.2 Å². The molecule has 168 valence electrons. The maximum Gasteiger partial charge on any atom is 0.219 e. The molecule has 10 heteroatoms. The number of hydrogen-bond acceptors (Lipinski definition) is 4. The highest BCUT2D eigenvalue weighted by Crippen LogP contribution is 2.21. The van der Waals surface area contributed by atoms with Crippen LogP contribution < -0.4 is 10.2 Å². The molecule has 2 saturated heterocycles. The van der Waals surface area contributed by atoms with Gasteiger partial charge in [-0.05, 0) is 12.1 Å². The fourth-order valence-corrected chi connectivity index (χ4v) is 3.83. The van der Waals surface area contributed by atoms with Crippen LogP contribution in [-0.2, 0) is 4.79 Å². The topological polar surface area (TPSA) is 54.4 Å². The third kappa shape index (κ3) is 6.40. The van der Waals surface area contributed by atoms with E-state index in [9.17, 15) is 13.6 Å². The maximum absolute atomic E-state index is 14.0. The molecule has 30 heavy (non-hydrogen) atoms. The Kier molecular flexibility index (Phi) is 9.53. The molecule has 0 unspecified atom stereocenters. The first-order valence-electron chi connectivity index (χ1n) is 10.1. The van der Waals surface area contributed by atoms with E-state index in [0.717, 1.165) is 51.3 Å². The highest BCUT2D eigenvalue weighted by Gasteiger charge is 2.22. The van der Waals surface area contributed by atoms with Crippen molar-refractivity contribution in [1.82, 2.24) is 20.0 Å². The number of rotatable bonds is 4. The van der Waals surface area contributed by atoms with Gasteiger partial charge in [0.15, 0.2) is 5.96 Å². The number of carbonyl (C=O) groups is 1. The zero-order valence-electron chi connectivity index (χ0n) is 17.6. The number of aliphatic imine (C=N–C) groups is 1. The largest absolute Gasteiger partial charge is 0.366 e. The van der Waals surface area contributed by atoms with Gasteiger partial charge in [0.2, 0.25) is 5.91 Å². The lowest BCUT2D eigenvalue weighted by atomic mass is 10.2. The Morgan fingerprint density at radius 1 is 1.03 bits per heavy atom. The van der Waals surface area contributed by atoms with E-state index in [1.54, 1.807) is 14.0 Å². The zero-order chi connectivity index (χ0) is 20.8. The summed E-state index contributed by atoms with van der Waals surface area (Å²) in [5.41, 5.74) is 0.317. The average Bonchev–Trinajstić information content (AvgIpc) is 2.73. The lowest BCUT2D eigenvalue weighted by Gasteiger charge is -2.38. The van der Waals surface area contributed by atoms with Crippen LogP contribution in [0.4, 0.5) is 14.5 Å². The molecule has 1 aromatic rings. The molecule has 0 saturated carbocycles. The van der Waals surface area contributed by atoms with E-state index in [2.05, 4.69) is 20.1 Å².